The molecule has 0 atom stereocenters. The number of carboxylic acids is 1. The van der Waals surface area contributed by atoms with Gasteiger partial charge in [-0.25, -0.2) is 0 Å². The summed E-state index contributed by atoms with van der Waals surface area (Å²) < 4.78 is 0. The smallest absolute Gasteiger partial charge is 0.545 e. The summed E-state index contributed by atoms with van der Waals surface area (Å²) >= 11 is 0. The molecule has 0 saturated carbocycles. The molecule has 4 heteroatoms. The molecule has 0 heterocycles. The molecule has 0 aliphatic carbocycles. The number of phenols is 1. The average molecular weight is 176 g/mol. The van der Waals surface area contributed by atoms with Gasteiger partial charge in [0.15, 0.2) is 0 Å². The molecule has 1 aromatic rings. The topological polar surface area (TPSA) is 60.4 Å². The second-order valence-corrected chi connectivity index (χ2v) is 1.83. The fraction of sp³-hybridized carbons (Fsp3) is 0. The van der Waals surface area contributed by atoms with Crippen molar-refractivity contribution in [2.24, 2.45) is 0 Å². The maximum absolute atomic E-state index is 10.1. The van der Waals surface area contributed by atoms with E-state index in [1.54, 1.807) is 0 Å². The number of carbonyl (C=O) groups excluding carboxylic acids is 1. The van der Waals surface area contributed by atoms with Crippen molar-refractivity contribution in [3.8, 4) is 5.75 Å². The van der Waals surface area contributed by atoms with Crippen molar-refractivity contribution in [3.63, 3.8) is 0 Å². The minimum Gasteiger partial charge on any atom is -0.545 e. The first kappa shape index (κ1) is 11.1. The third-order valence-electron chi connectivity index (χ3n) is 1.10. The van der Waals surface area contributed by atoms with Crippen LogP contribution in [0, 0.1) is 0 Å². The number of phenolic OH excluding ortho intramolecular Hbond substituents is 1. The van der Waals surface area contributed by atoms with Crippen molar-refractivity contribution in [1.82, 2.24) is 0 Å². The molecular formula is C7H5KO3. The number of rotatable bonds is 1. The van der Waals surface area contributed by atoms with Gasteiger partial charge in [-0.1, -0.05) is 0 Å². The Balaban J connectivity index is 0.000001000. The van der Waals surface area contributed by atoms with Gasteiger partial charge in [0.05, 0.1) is 5.97 Å². The molecule has 0 fully saturated rings. The summed E-state index contributed by atoms with van der Waals surface area (Å²) in [6.45, 7) is 0. The first-order valence-corrected chi connectivity index (χ1v) is 2.70. The molecule has 0 unspecified atom stereocenters. The number of carboxylic acid groups (broad SMARTS) is 1. The van der Waals surface area contributed by atoms with E-state index in [2.05, 4.69) is 0 Å². The quantitative estimate of drug-likeness (QED) is 0.457. The molecule has 1 N–H and O–H groups in total. The monoisotopic (exact) mass is 176 g/mol. The van der Waals surface area contributed by atoms with Gasteiger partial charge >= 0.3 is 51.4 Å². The Kier molecular flexibility index (Phi) is 4.95. The molecule has 0 saturated heterocycles. The fourth-order valence-electron chi connectivity index (χ4n) is 0.598. The van der Waals surface area contributed by atoms with Gasteiger partial charge in [-0.3, -0.25) is 0 Å². The normalized spacial score (nSPS) is 8.36. The van der Waals surface area contributed by atoms with E-state index in [9.17, 15) is 9.90 Å². The number of carbonyl (C=O) groups is 1. The Morgan fingerprint density at radius 2 is 1.73 bits per heavy atom. The molecule has 3 nitrogen and oxygen atoms in total. The van der Waals surface area contributed by atoms with Crippen LogP contribution < -0.4 is 56.5 Å². The van der Waals surface area contributed by atoms with E-state index in [-0.39, 0.29) is 62.7 Å². The first-order chi connectivity index (χ1) is 4.70. The predicted octanol–water partition coefficient (Wildman–Crippen LogP) is -3.24. The molecule has 0 spiro atoms. The summed E-state index contributed by atoms with van der Waals surface area (Å²) in [6, 6.07) is 5.16. The van der Waals surface area contributed by atoms with Crippen LogP contribution in [0.25, 0.3) is 0 Å². The Labute approximate surface area is 106 Å². The van der Waals surface area contributed by atoms with Crippen LogP contribution in [0.1, 0.15) is 10.4 Å². The van der Waals surface area contributed by atoms with Crippen LogP contribution in [0.15, 0.2) is 24.3 Å². The van der Waals surface area contributed by atoms with Crippen LogP contribution in [0.4, 0.5) is 0 Å². The molecule has 52 valence electrons. The second-order valence-electron chi connectivity index (χ2n) is 1.83. The van der Waals surface area contributed by atoms with Gasteiger partial charge in [0.1, 0.15) is 5.75 Å². The van der Waals surface area contributed by atoms with Crippen LogP contribution in [0.3, 0.4) is 0 Å². The van der Waals surface area contributed by atoms with Crippen LogP contribution >= 0.6 is 0 Å². The summed E-state index contributed by atoms with van der Waals surface area (Å²) in [7, 11) is 0. The maximum atomic E-state index is 10.1. The van der Waals surface area contributed by atoms with Gasteiger partial charge in [-0.05, 0) is 29.8 Å². The van der Waals surface area contributed by atoms with E-state index in [4.69, 9.17) is 5.11 Å². The standard InChI is InChI=1S/C7H6O3.K/c8-6-3-1-5(2-4-6)7(9)10;/h1-4,8H,(H,9,10);/q;+1/p-1. The molecule has 0 aliphatic heterocycles. The van der Waals surface area contributed by atoms with Gasteiger partial charge < -0.3 is 15.0 Å². The van der Waals surface area contributed by atoms with E-state index in [1.165, 1.54) is 24.3 Å². The van der Waals surface area contributed by atoms with Gasteiger partial charge in [0, 0.05) is 0 Å². The van der Waals surface area contributed by atoms with Crippen LogP contribution in [0.2, 0.25) is 0 Å². The molecule has 1 rings (SSSR count). The van der Waals surface area contributed by atoms with Crippen LogP contribution in [-0.2, 0) is 0 Å². The zero-order valence-corrected chi connectivity index (χ0v) is 9.20. The van der Waals surface area contributed by atoms with Crippen molar-refractivity contribution in [2.75, 3.05) is 0 Å². The van der Waals surface area contributed by atoms with E-state index in [0.717, 1.165) is 0 Å². The molecule has 0 bridgehead atoms. The van der Waals surface area contributed by atoms with Crippen molar-refractivity contribution in [1.29, 1.82) is 0 Å². The average Bonchev–Trinajstić information content (AvgIpc) is 1.88. The van der Waals surface area contributed by atoms with E-state index in [1.807, 2.05) is 0 Å². The van der Waals surface area contributed by atoms with Crippen molar-refractivity contribution < 1.29 is 66.4 Å². The van der Waals surface area contributed by atoms with Crippen LogP contribution in [0.5, 0.6) is 5.75 Å². The minimum absolute atomic E-state index is 0. The number of benzene rings is 1. The minimum atomic E-state index is -1.24. The first-order valence-electron chi connectivity index (χ1n) is 2.70. The van der Waals surface area contributed by atoms with Crippen LogP contribution in [-0.4, -0.2) is 11.1 Å². The molecule has 11 heavy (non-hydrogen) atoms. The summed E-state index contributed by atoms with van der Waals surface area (Å²) in [5.74, 6) is -1.19. The van der Waals surface area contributed by atoms with Gasteiger partial charge in [-0.15, -0.1) is 0 Å². The Morgan fingerprint density at radius 1 is 1.27 bits per heavy atom. The van der Waals surface area contributed by atoms with E-state index < -0.39 is 5.97 Å². The number of aromatic hydroxyl groups is 1. The Bertz CT molecular complexity index is 242. The Hall–Kier alpha value is 0.126. The third-order valence-corrected chi connectivity index (χ3v) is 1.10. The Morgan fingerprint density at radius 3 is 2.09 bits per heavy atom. The van der Waals surface area contributed by atoms with Gasteiger partial charge in [-0.2, -0.15) is 0 Å². The number of hydrogen-bond acceptors (Lipinski definition) is 3. The third kappa shape index (κ3) is 3.35. The van der Waals surface area contributed by atoms with Crippen molar-refractivity contribution in [3.05, 3.63) is 29.8 Å². The number of aromatic carboxylic acids is 1. The van der Waals surface area contributed by atoms with Gasteiger partial charge in [0.25, 0.3) is 0 Å². The van der Waals surface area contributed by atoms with Gasteiger partial charge in [0.2, 0.25) is 0 Å². The molecular weight excluding hydrogens is 171 g/mol. The molecule has 1 aromatic carbocycles. The van der Waals surface area contributed by atoms with Crippen molar-refractivity contribution >= 4 is 5.97 Å². The summed E-state index contributed by atoms with van der Waals surface area (Å²) in [5, 5.41) is 18.8. The molecule has 0 amide bonds. The summed E-state index contributed by atoms with van der Waals surface area (Å²) in [6.07, 6.45) is 0. The zero-order valence-electron chi connectivity index (χ0n) is 6.07. The number of hydrogen-bond donors (Lipinski definition) is 1. The summed E-state index contributed by atoms with van der Waals surface area (Å²) in [5.41, 5.74) is 0.0674. The summed E-state index contributed by atoms with van der Waals surface area (Å²) in [4.78, 5) is 10.1. The predicted molar refractivity (Wildman–Crippen MR) is 32.4 cm³/mol. The largest absolute Gasteiger partial charge is 1.00 e. The zero-order chi connectivity index (χ0) is 7.56. The molecule has 0 aliphatic rings. The maximum Gasteiger partial charge on any atom is 1.00 e. The fourth-order valence-corrected chi connectivity index (χ4v) is 0.598. The molecule has 0 radical (unpaired) electrons. The van der Waals surface area contributed by atoms with E-state index in [0.29, 0.717) is 0 Å². The second kappa shape index (κ2) is 4.90. The SMILES string of the molecule is O=C([O-])c1ccc(O)cc1.[K+]. The van der Waals surface area contributed by atoms with Crippen molar-refractivity contribution in [2.45, 2.75) is 0 Å². The van der Waals surface area contributed by atoms with E-state index >= 15 is 0 Å². The molecule has 0 aromatic heterocycles.